The first-order valence-electron chi connectivity index (χ1n) is 19.5. The van der Waals surface area contributed by atoms with E-state index in [1.165, 1.54) is 83.3 Å². The second-order valence-electron chi connectivity index (χ2n) is 14.9. The zero-order chi connectivity index (χ0) is 37.0. The highest BCUT2D eigenvalue weighted by Crippen LogP contribution is 2.51. The van der Waals surface area contributed by atoms with Crippen LogP contribution in [0.1, 0.15) is 11.5 Å². The van der Waals surface area contributed by atoms with Gasteiger partial charge in [-0.1, -0.05) is 170 Å². The van der Waals surface area contributed by atoms with E-state index in [4.69, 9.17) is 0 Å². The molecule has 2 aliphatic rings. The summed E-state index contributed by atoms with van der Waals surface area (Å²) in [5.74, 6) is 0.270. The molecular formula is C54H38N2. The highest BCUT2D eigenvalue weighted by Gasteiger charge is 2.38. The molecule has 11 rings (SSSR count). The number of para-hydroxylation sites is 2. The number of fused-ring (bicyclic) bond motifs is 6. The number of rotatable bonds is 6. The van der Waals surface area contributed by atoms with Crippen molar-refractivity contribution in [2.45, 2.75) is 12.0 Å². The lowest BCUT2D eigenvalue weighted by atomic mass is 9.89. The zero-order valence-corrected chi connectivity index (χ0v) is 30.8. The Morgan fingerprint density at radius 3 is 1.79 bits per heavy atom. The van der Waals surface area contributed by atoms with Gasteiger partial charge in [-0.3, -0.25) is 0 Å². The molecule has 0 radical (unpaired) electrons. The average molecular weight is 715 g/mol. The largest absolute Gasteiger partial charge is 0.333 e. The third kappa shape index (κ3) is 5.33. The van der Waals surface area contributed by atoms with Crippen LogP contribution in [0.4, 0.5) is 11.4 Å². The van der Waals surface area contributed by atoms with E-state index in [-0.39, 0.29) is 12.0 Å². The Hall–Kier alpha value is -7.16. The molecule has 1 aliphatic carbocycles. The highest BCUT2D eigenvalue weighted by atomic mass is 15.2. The highest BCUT2D eigenvalue weighted by molar-refractivity contribution is 6.10. The molecule has 2 unspecified atom stereocenters. The monoisotopic (exact) mass is 714 g/mol. The van der Waals surface area contributed by atoms with Crippen molar-refractivity contribution in [1.82, 2.24) is 4.57 Å². The lowest BCUT2D eigenvalue weighted by molar-refractivity contribution is 0.745. The first kappa shape index (κ1) is 32.3. The van der Waals surface area contributed by atoms with Gasteiger partial charge in [0.25, 0.3) is 0 Å². The van der Waals surface area contributed by atoms with E-state index in [2.05, 4.69) is 228 Å². The fourth-order valence-electron chi connectivity index (χ4n) is 9.09. The summed E-state index contributed by atoms with van der Waals surface area (Å²) in [6, 6.07) is 71.2. The Balaban J connectivity index is 0.986. The Labute approximate surface area is 327 Å². The molecule has 264 valence electrons. The second kappa shape index (κ2) is 13.3. The predicted octanol–water partition coefficient (Wildman–Crippen LogP) is 14.2. The summed E-state index contributed by atoms with van der Waals surface area (Å²) in [6.07, 6.45) is 9.15. The van der Waals surface area contributed by atoms with Gasteiger partial charge in [0.1, 0.15) is 0 Å². The first-order valence-corrected chi connectivity index (χ1v) is 19.5. The van der Waals surface area contributed by atoms with E-state index >= 15 is 0 Å². The van der Waals surface area contributed by atoms with Gasteiger partial charge in [-0.15, -0.1) is 0 Å². The SMILES string of the molecule is C1=CC2c3cc(-c4ccc5c(c4)c4ccccc4n5-c4cccc(-c5ccc(-c6ccccc6)cc5)c4)ccc3N(c3ccccc3-c3ccccc3)C2C=C1. The van der Waals surface area contributed by atoms with Gasteiger partial charge < -0.3 is 9.47 Å². The average Bonchev–Trinajstić information content (AvgIpc) is 3.79. The van der Waals surface area contributed by atoms with Crippen LogP contribution < -0.4 is 4.90 Å². The number of benzene rings is 8. The van der Waals surface area contributed by atoms with Gasteiger partial charge >= 0.3 is 0 Å². The topological polar surface area (TPSA) is 8.17 Å². The summed E-state index contributed by atoms with van der Waals surface area (Å²) in [5.41, 5.74) is 17.3. The minimum Gasteiger partial charge on any atom is -0.333 e. The van der Waals surface area contributed by atoms with Crippen LogP contribution in [0.25, 0.3) is 72.0 Å². The van der Waals surface area contributed by atoms with Gasteiger partial charge in [0, 0.05) is 39.3 Å². The third-order valence-corrected chi connectivity index (χ3v) is 11.7. The molecule has 0 amide bonds. The summed E-state index contributed by atoms with van der Waals surface area (Å²) >= 11 is 0. The van der Waals surface area contributed by atoms with Gasteiger partial charge in [0.05, 0.1) is 17.1 Å². The van der Waals surface area contributed by atoms with Crippen molar-refractivity contribution in [3.05, 3.63) is 224 Å². The minimum absolute atomic E-state index is 0.216. The molecule has 0 bridgehead atoms. The molecule has 0 saturated heterocycles. The summed E-state index contributed by atoms with van der Waals surface area (Å²) < 4.78 is 2.42. The third-order valence-electron chi connectivity index (χ3n) is 11.7. The van der Waals surface area contributed by atoms with Crippen molar-refractivity contribution in [3.63, 3.8) is 0 Å². The van der Waals surface area contributed by atoms with E-state index in [0.717, 1.165) is 5.69 Å². The van der Waals surface area contributed by atoms with Crippen LogP contribution in [0.15, 0.2) is 218 Å². The quantitative estimate of drug-likeness (QED) is 0.166. The van der Waals surface area contributed by atoms with E-state index in [1.807, 2.05) is 0 Å². The number of allylic oxidation sites excluding steroid dienone is 2. The minimum atomic E-state index is 0.216. The van der Waals surface area contributed by atoms with Gasteiger partial charge in [0.15, 0.2) is 0 Å². The standard InChI is InChI=1S/C54H38N2/c1-3-14-37(15-4-1)38-26-28-39(29-27-38)41-18-13-19-44(34-41)55-51-24-11-8-21-46(51)48-35-42(30-32-53(48)55)43-31-33-54-49(36-43)47-22-9-12-25-52(47)56(54)50-23-10-7-20-45(50)40-16-5-2-6-17-40/h1-36,47,52H. The maximum absolute atomic E-state index is 2.55. The van der Waals surface area contributed by atoms with E-state index < -0.39 is 0 Å². The molecule has 0 fully saturated rings. The summed E-state index contributed by atoms with van der Waals surface area (Å²) in [7, 11) is 0. The fraction of sp³-hybridized carbons (Fsp3) is 0.0370. The van der Waals surface area contributed by atoms with Crippen molar-refractivity contribution in [3.8, 4) is 50.2 Å². The summed E-state index contributed by atoms with van der Waals surface area (Å²) in [5, 5.41) is 2.51. The number of hydrogen-bond donors (Lipinski definition) is 0. The Morgan fingerprint density at radius 1 is 0.357 bits per heavy atom. The molecular weight excluding hydrogens is 677 g/mol. The Kier molecular flexibility index (Phi) is 7.67. The van der Waals surface area contributed by atoms with Gasteiger partial charge in [-0.25, -0.2) is 0 Å². The molecule has 0 spiro atoms. The molecule has 8 aromatic carbocycles. The molecule has 2 nitrogen and oxygen atoms in total. The molecule has 56 heavy (non-hydrogen) atoms. The maximum atomic E-state index is 2.55. The first-order chi connectivity index (χ1) is 27.8. The fourth-order valence-corrected chi connectivity index (χ4v) is 9.09. The zero-order valence-electron chi connectivity index (χ0n) is 30.8. The lowest BCUT2D eigenvalue weighted by Crippen LogP contribution is -2.28. The van der Waals surface area contributed by atoms with Crippen LogP contribution in [-0.4, -0.2) is 10.6 Å². The van der Waals surface area contributed by atoms with Crippen LogP contribution in [0.2, 0.25) is 0 Å². The van der Waals surface area contributed by atoms with Crippen LogP contribution in [0.3, 0.4) is 0 Å². The van der Waals surface area contributed by atoms with E-state index in [1.54, 1.807) is 0 Å². The number of hydrogen-bond acceptors (Lipinski definition) is 1. The number of nitrogens with zero attached hydrogens (tertiary/aromatic N) is 2. The maximum Gasteiger partial charge on any atom is 0.0629 e. The molecule has 2 heteroatoms. The summed E-state index contributed by atoms with van der Waals surface area (Å²) in [4.78, 5) is 2.55. The smallest absolute Gasteiger partial charge is 0.0629 e. The van der Waals surface area contributed by atoms with Gasteiger partial charge in [0.2, 0.25) is 0 Å². The van der Waals surface area contributed by atoms with Crippen molar-refractivity contribution < 1.29 is 0 Å². The van der Waals surface area contributed by atoms with E-state index in [0.29, 0.717) is 0 Å². The molecule has 0 saturated carbocycles. The van der Waals surface area contributed by atoms with Crippen LogP contribution in [0, 0.1) is 0 Å². The van der Waals surface area contributed by atoms with Gasteiger partial charge in [-0.05, 0) is 93.0 Å². The molecule has 1 aromatic heterocycles. The lowest BCUT2D eigenvalue weighted by Gasteiger charge is -2.30. The second-order valence-corrected chi connectivity index (χ2v) is 14.9. The van der Waals surface area contributed by atoms with Crippen LogP contribution in [-0.2, 0) is 0 Å². The molecule has 2 heterocycles. The number of anilines is 2. The number of aromatic nitrogens is 1. The predicted molar refractivity (Wildman–Crippen MR) is 236 cm³/mol. The van der Waals surface area contributed by atoms with E-state index in [9.17, 15) is 0 Å². The van der Waals surface area contributed by atoms with Gasteiger partial charge in [-0.2, -0.15) is 0 Å². The van der Waals surface area contributed by atoms with Crippen molar-refractivity contribution >= 4 is 33.2 Å². The Bertz CT molecular complexity index is 2970. The summed E-state index contributed by atoms with van der Waals surface area (Å²) in [6.45, 7) is 0. The van der Waals surface area contributed by atoms with Crippen LogP contribution >= 0.6 is 0 Å². The van der Waals surface area contributed by atoms with Crippen LogP contribution in [0.5, 0.6) is 0 Å². The van der Waals surface area contributed by atoms with Crippen molar-refractivity contribution in [2.75, 3.05) is 4.90 Å². The Morgan fingerprint density at radius 2 is 0.946 bits per heavy atom. The normalized spacial score (nSPS) is 15.7. The molecule has 0 N–H and O–H groups in total. The molecule has 9 aromatic rings. The molecule has 2 atom stereocenters. The van der Waals surface area contributed by atoms with Crippen molar-refractivity contribution in [1.29, 1.82) is 0 Å². The van der Waals surface area contributed by atoms with Crippen molar-refractivity contribution in [2.24, 2.45) is 0 Å². The molecule has 1 aliphatic heterocycles.